The molecular weight excluding hydrogens is 184 g/mol. The van der Waals surface area contributed by atoms with Crippen LogP contribution in [0, 0.1) is 0 Å². The van der Waals surface area contributed by atoms with E-state index in [1.54, 1.807) is 0 Å². The molecular formula is C13H20N2. The van der Waals surface area contributed by atoms with Gasteiger partial charge in [0.2, 0.25) is 0 Å². The summed E-state index contributed by atoms with van der Waals surface area (Å²) in [6.07, 6.45) is 2.07. The summed E-state index contributed by atoms with van der Waals surface area (Å²) in [7, 11) is 0. The van der Waals surface area contributed by atoms with E-state index in [1.807, 2.05) is 13.0 Å². The summed E-state index contributed by atoms with van der Waals surface area (Å²) in [6, 6.07) is 10.5. The van der Waals surface area contributed by atoms with Gasteiger partial charge in [-0.1, -0.05) is 30.3 Å². The molecule has 0 bridgehead atoms. The number of nitrogens with two attached hydrogens (primary N) is 1. The second kappa shape index (κ2) is 4.96. The molecule has 0 atom stereocenters. The predicted molar refractivity (Wildman–Crippen MR) is 66.1 cm³/mol. The quantitative estimate of drug-likeness (QED) is 0.594. The highest BCUT2D eigenvalue weighted by Gasteiger charge is 2.15. The lowest BCUT2D eigenvalue weighted by Crippen LogP contribution is -2.22. The first-order valence-corrected chi connectivity index (χ1v) is 5.35. The Morgan fingerprint density at radius 3 is 2.40 bits per heavy atom. The largest absolute Gasteiger partial charge is 0.388 e. The minimum Gasteiger partial charge on any atom is -0.388 e. The van der Waals surface area contributed by atoms with Gasteiger partial charge < -0.3 is 5.73 Å². The molecule has 2 nitrogen and oxygen atoms in total. The van der Waals surface area contributed by atoms with Gasteiger partial charge in [-0.25, -0.2) is 0 Å². The molecule has 0 saturated heterocycles. The summed E-state index contributed by atoms with van der Waals surface area (Å²) in [4.78, 5) is 4.42. The molecule has 0 aromatic heterocycles. The predicted octanol–water partition coefficient (Wildman–Crippen LogP) is 2.77. The summed E-state index contributed by atoms with van der Waals surface area (Å²) >= 11 is 0. The number of amidine groups is 1. The van der Waals surface area contributed by atoms with Crippen LogP contribution in [0.5, 0.6) is 0 Å². The van der Waals surface area contributed by atoms with Gasteiger partial charge in [0.15, 0.2) is 0 Å². The van der Waals surface area contributed by atoms with E-state index < -0.39 is 0 Å². The zero-order chi connectivity index (χ0) is 11.3. The molecule has 15 heavy (non-hydrogen) atoms. The van der Waals surface area contributed by atoms with Gasteiger partial charge in [0.1, 0.15) is 0 Å². The molecule has 0 aliphatic heterocycles. The van der Waals surface area contributed by atoms with E-state index >= 15 is 0 Å². The van der Waals surface area contributed by atoms with Crippen molar-refractivity contribution in [3.8, 4) is 0 Å². The van der Waals surface area contributed by atoms with Gasteiger partial charge in [-0.15, -0.1) is 0 Å². The van der Waals surface area contributed by atoms with E-state index in [9.17, 15) is 0 Å². The van der Waals surface area contributed by atoms with Crippen molar-refractivity contribution >= 4 is 5.84 Å². The maximum Gasteiger partial charge on any atom is 0.0912 e. The van der Waals surface area contributed by atoms with Crippen molar-refractivity contribution in [2.24, 2.45) is 10.7 Å². The Labute approximate surface area is 92.2 Å². The minimum absolute atomic E-state index is 0.0608. The van der Waals surface area contributed by atoms with Crippen LogP contribution in [-0.4, -0.2) is 11.4 Å². The molecule has 0 radical (unpaired) electrons. The van der Waals surface area contributed by atoms with Crippen LogP contribution in [0.2, 0.25) is 0 Å². The highest BCUT2D eigenvalue weighted by molar-refractivity contribution is 5.77. The Morgan fingerprint density at radius 2 is 1.87 bits per heavy atom. The topological polar surface area (TPSA) is 38.4 Å². The Bertz CT molecular complexity index is 322. The zero-order valence-corrected chi connectivity index (χ0v) is 9.83. The lowest BCUT2D eigenvalue weighted by atomic mass is 9.96. The summed E-state index contributed by atoms with van der Waals surface area (Å²) in [6.45, 7) is 6.07. The first kappa shape index (κ1) is 11.8. The fourth-order valence-electron chi connectivity index (χ4n) is 1.63. The summed E-state index contributed by atoms with van der Waals surface area (Å²) in [5.41, 5.74) is 6.89. The van der Waals surface area contributed by atoms with Gasteiger partial charge in [0, 0.05) is 0 Å². The summed E-state index contributed by atoms with van der Waals surface area (Å²) in [5.74, 6) is 0.660. The number of nitrogens with zero attached hydrogens (tertiary/aromatic N) is 1. The first-order chi connectivity index (χ1) is 6.99. The van der Waals surface area contributed by atoms with Crippen LogP contribution < -0.4 is 5.73 Å². The molecule has 0 heterocycles. The van der Waals surface area contributed by atoms with Crippen LogP contribution in [0.4, 0.5) is 0 Å². The molecule has 0 fully saturated rings. The standard InChI is InChI=1S/C13H20N2/c1-11(14)15-13(2,3)10-9-12-7-5-4-6-8-12/h4-8H,9-10H2,1-3H3,(H2,14,15). The number of hydrogen-bond acceptors (Lipinski definition) is 1. The molecule has 1 aromatic rings. The molecule has 0 aliphatic rings. The van der Waals surface area contributed by atoms with Crippen molar-refractivity contribution in [2.75, 3.05) is 0 Å². The highest BCUT2D eigenvalue weighted by Crippen LogP contribution is 2.17. The number of hydrogen-bond donors (Lipinski definition) is 1. The van der Waals surface area contributed by atoms with Crippen molar-refractivity contribution in [1.82, 2.24) is 0 Å². The Balaban J connectivity index is 2.54. The van der Waals surface area contributed by atoms with E-state index in [0.29, 0.717) is 5.84 Å². The molecule has 0 unspecified atom stereocenters. The van der Waals surface area contributed by atoms with Crippen LogP contribution in [0.15, 0.2) is 35.3 Å². The van der Waals surface area contributed by atoms with Gasteiger partial charge in [-0.2, -0.15) is 0 Å². The van der Waals surface area contributed by atoms with Crippen molar-refractivity contribution in [3.05, 3.63) is 35.9 Å². The van der Waals surface area contributed by atoms with Crippen molar-refractivity contribution < 1.29 is 0 Å². The number of rotatable bonds is 4. The van der Waals surface area contributed by atoms with E-state index in [1.165, 1.54) is 5.56 Å². The van der Waals surface area contributed by atoms with Crippen LogP contribution in [0.1, 0.15) is 32.8 Å². The highest BCUT2D eigenvalue weighted by atomic mass is 14.9. The minimum atomic E-state index is -0.0608. The Morgan fingerprint density at radius 1 is 1.27 bits per heavy atom. The molecule has 0 spiro atoms. The number of benzene rings is 1. The number of aryl methyl sites for hydroxylation is 1. The molecule has 0 amide bonds. The van der Waals surface area contributed by atoms with Gasteiger partial charge in [-0.05, 0) is 39.2 Å². The third kappa shape index (κ3) is 4.63. The molecule has 0 saturated carbocycles. The van der Waals surface area contributed by atoms with Crippen LogP contribution in [-0.2, 0) is 6.42 Å². The zero-order valence-electron chi connectivity index (χ0n) is 9.83. The summed E-state index contributed by atoms with van der Waals surface area (Å²) < 4.78 is 0. The van der Waals surface area contributed by atoms with Crippen LogP contribution in [0.25, 0.3) is 0 Å². The van der Waals surface area contributed by atoms with Crippen LogP contribution in [0.3, 0.4) is 0 Å². The average molecular weight is 204 g/mol. The normalized spacial score (nSPS) is 12.9. The van der Waals surface area contributed by atoms with Crippen molar-refractivity contribution in [3.63, 3.8) is 0 Å². The van der Waals surface area contributed by atoms with Crippen LogP contribution >= 0.6 is 0 Å². The fourth-order valence-corrected chi connectivity index (χ4v) is 1.63. The van der Waals surface area contributed by atoms with Crippen molar-refractivity contribution in [2.45, 2.75) is 39.2 Å². The molecule has 2 heteroatoms. The van der Waals surface area contributed by atoms with Gasteiger partial charge >= 0.3 is 0 Å². The summed E-state index contributed by atoms with van der Waals surface area (Å²) in [5, 5.41) is 0. The van der Waals surface area contributed by atoms with E-state index in [-0.39, 0.29) is 5.54 Å². The van der Waals surface area contributed by atoms with E-state index in [0.717, 1.165) is 12.8 Å². The molecule has 0 aliphatic carbocycles. The monoisotopic (exact) mass is 204 g/mol. The van der Waals surface area contributed by atoms with Gasteiger partial charge in [0.25, 0.3) is 0 Å². The average Bonchev–Trinajstić information content (AvgIpc) is 2.15. The maximum absolute atomic E-state index is 5.60. The number of aliphatic imine (C=N–C) groups is 1. The third-order valence-corrected chi connectivity index (χ3v) is 2.35. The van der Waals surface area contributed by atoms with Gasteiger partial charge in [-0.3, -0.25) is 4.99 Å². The SMILES string of the molecule is CC(N)=NC(C)(C)CCc1ccccc1. The fraction of sp³-hybridized carbons (Fsp3) is 0.462. The van der Waals surface area contributed by atoms with E-state index in [4.69, 9.17) is 5.73 Å². The molecule has 1 aromatic carbocycles. The lowest BCUT2D eigenvalue weighted by Gasteiger charge is -2.20. The van der Waals surface area contributed by atoms with Crippen molar-refractivity contribution in [1.29, 1.82) is 0 Å². The lowest BCUT2D eigenvalue weighted by molar-refractivity contribution is 0.479. The second-order valence-electron chi connectivity index (χ2n) is 4.55. The molecule has 2 N–H and O–H groups in total. The second-order valence-corrected chi connectivity index (χ2v) is 4.55. The first-order valence-electron chi connectivity index (χ1n) is 5.35. The third-order valence-electron chi connectivity index (χ3n) is 2.35. The van der Waals surface area contributed by atoms with E-state index in [2.05, 4.69) is 43.1 Å². The smallest absolute Gasteiger partial charge is 0.0912 e. The van der Waals surface area contributed by atoms with Gasteiger partial charge in [0.05, 0.1) is 11.4 Å². The molecule has 1 rings (SSSR count). The molecule has 82 valence electrons. The maximum atomic E-state index is 5.60. The Hall–Kier alpha value is -1.31. The Kier molecular flexibility index (Phi) is 3.89.